The van der Waals surface area contributed by atoms with E-state index >= 15 is 0 Å². The minimum atomic E-state index is -2.21. The second-order valence-corrected chi connectivity index (χ2v) is 3.57. The van der Waals surface area contributed by atoms with Crippen molar-refractivity contribution in [1.29, 1.82) is 0 Å². The first-order valence-electron chi connectivity index (χ1n) is 4.59. The fourth-order valence-electron chi connectivity index (χ4n) is 1.35. The number of rotatable bonds is 2. The van der Waals surface area contributed by atoms with E-state index in [2.05, 4.69) is 5.10 Å². The van der Waals surface area contributed by atoms with Gasteiger partial charge in [0.25, 0.3) is 0 Å². The summed E-state index contributed by atoms with van der Waals surface area (Å²) in [4.78, 5) is 0. The molecule has 0 saturated carbocycles. The number of benzene rings is 1. The Labute approximate surface area is 103 Å². The van der Waals surface area contributed by atoms with Crippen molar-refractivity contribution in [2.24, 2.45) is 0 Å². The van der Waals surface area contributed by atoms with Gasteiger partial charge >= 0.3 is 0 Å². The molecule has 0 aliphatic rings. The second-order valence-electron chi connectivity index (χ2n) is 3.30. The van der Waals surface area contributed by atoms with Crippen molar-refractivity contribution in [3.8, 4) is 5.69 Å². The first kappa shape index (κ1) is 12.8. The first-order valence-corrected chi connectivity index (χ1v) is 5.13. The summed E-state index contributed by atoms with van der Waals surface area (Å²) in [6, 6.07) is 1.30. The van der Waals surface area contributed by atoms with Gasteiger partial charge in [-0.05, 0) is 6.07 Å². The number of aromatic nitrogens is 2. The Morgan fingerprint density at radius 3 is 1.89 bits per heavy atom. The van der Waals surface area contributed by atoms with Crippen molar-refractivity contribution in [2.75, 3.05) is 0 Å². The van der Waals surface area contributed by atoms with Crippen molar-refractivity contribution >= 4 is 11.6 Å². The summed E-state index contributed by atoms with van der Waals surface area (Å²) in [5, 5.41) is 3.58. The van der Waals surface area contributed by atoms with E-state index in [9.17, 15) is 22.0 Å². The predicted octanol–water partition coefficient (Wildman–Crippen LogP) is 3.31. The summed E-state index contributed by atoms with van der Waals surface area (Å²) in [7, 11) is 0. The Morgan fingerprint density at radius 1 is 0.944 bits per heavy atom. The number of alkyl halides is 1. The fraction of sp³-hybridized carbons (Fsp3) is 0.100. The van der Waals surface area contributed by atoms with Gasteiger partial charge in [0.15, 0.2) is 23.3 Å². The zero-order valence-corrected chi connectivity index (χ0v) is 9.28. The van der Waals surface area contributed by atoms with Gasteiger partial charge in [-0.2, -0.15) is 5.10 Å². The van der Waals surface area contributed by atoms with Crippen LogP contribution >= 0.6 is 11.6 Å². The number of nitrogens with zero attached hydrogens (tertiary/aromatic N) is 2. The minimum absolute atomic E-state index is 0.0532. The molecule has 8 heteroatoms. The molecule has 0 aliphatic carbocycles. The third-order valence-electron chi connectivity index (χ3n) is 2.20. The normalized spacial score (nSPS) is 11.0. The lowest BCUT2D eigenvalue weighted by atomic mass is 10.2. The Kier molecular flexibility index (Phi) is 3.25. The molecule has 0 amide bonds. The lowest BCUT2D eigenvalue weighted by molar-refractivity contribution is 0.373. The molecular formula is C10H4ClF5N2. The van der Waals surface area contributed by atoms with E-state index in [1.807, 2.05) is 0 Å². The van der Waals surface area contributed by atoms with Gasteiger partial charge in [0, 0.05) is 6.20 Å². The van der Waals surface area contributed by atoms with E-state index in [1.54, 1.807) is 0 Å². The highest BCUT2D eigenvalue weighted by Gasteiger charge is 2.27. The molecule has 0 saturated heterocycles. The van der Waals surface area contributed by atoms with Crippen LogP contribution in [-0.4, -0.2) is 9.78 Å². The van der Waals surface area contributed by atoms with Crippen molar-refractivity contribution < 1.29 is 22.0 Å². The third kappa shape index (κ3) is 1.84. The summed E-state index contributed by atoms with van der Waals surface area (Å²) in [5.41, 5.74) is -0.900. The van der Waals surface area contributed by atoms with E-state index < -0.39 is 34.8 Å². The topological polar surface area (TPSA) is 17.8 Å². The highest BCUT2D eigenvalue weighted by atomic mass is 35.5. The zero-order valence-electron chi connectivity index (χ0n) is 8.52. The molecule has 0 bridgehead atoms. The summed E-state index contributed by atoms with van der Waals surface area (Å²) in [6.07, 6.45) is 1.05. The van der Waals surface area contributed by atoms with E-state index in [1.165, 1.54) is 6.07 Å². The van der Waals surface area contributed by atoms with Crippen LogP contribution in [0.3, 0.4) is 0 Å². The second kappa shape index (κ2) is 4.56. The van der Waals surface area contributed by atoms with Crippen LogP contribution in [0, 0.1) is 29.1 Å². The molecular weight excluding hydrogens is 279 g/mol. The third-order valence-corrected chi connectivity index (χ3v) is 2.47. The van der Waals surface area contributed by atoms with Crippen molar-refractivity contribution in [3.05, 3.63) is 47.0 Å². The summed E-state index contributed by atoms with van der Waals surface area (Å²) < 4.78 is 66.0. The molecule has 0 radical (unpaired) electrons. The molecule has 0 atom stereocenters. The summed E-state index contributed by atoms with van der Waals surface area (Å²) >= 11 is 5.42. The van der Waals surface area contributed by atoms with E-state index in [4.69, 9.17) is 11.6 Å². The molecule has 2 nitrogen and oxygen atoms in total. The van der Waals surface area contributed by atoms with Crippen LogP contribution in [0.25, 0.3) is 5.69 Å². The van der Waals surface area contributed by atoms with E-state index in [0.717, 1.165) is 6.20 Å². The average molecular weight is 283 g/mol. The molecule has 1 heterocycles. The molecule has 2 aromatic rings. The Morgan fingerprint density at radius 2 is 1.44 bits per heavy atom. The lowest BCUT2D eigenvalue weighted by Crippen LogP contribution is -2.10. The quantitative estimate of drug-likeness (QED) is 0.358. The molecule has 0 N–H and O–H groups in total. The standard InChI is InChI=1S/C10H4ClF5N2/c11-3-4-1-2-18(17-4)10-8(15)6(13)5(12)7(14)9(10)16/h1-2H,3H2. The van der Waals surface area contributed by atoms with Crippen LogP contribution in [0.4, 0.5) is 22.0 Å². The first-order chi connectivity index (χ1) is 8.47. The van der Waals surface area contributed by atoms with Gasteiger partial charge in [-0.3, -0.25) is 0 Å². The molecule has 2 rings (SSSR count). The largest absolute Gasteiger partial charge is 0.234 e. The maximum Gasteiger partial charge on any atom is 0.200 e. The van der Waals surface area contributed by atoms with Gasteiger partial charge in [0.05, 0.1) is 11.6 Å². The van der Waals surface area contributed by atoms with Gasteiger partial charge in [-0.25, -0.2) is 26.6 Å². The van der Waals surface area contributed by atoms with Crippen molar-refractivity contribution in [3.63, 3.8) is 0 Å². The SMILES string of the molecule is Fc1c(F)c(F)c(-n2ccc(CCl)n2)c(F)c1F. The van der Waals surface area contributed by atoms with Crippen LogP contribution in [0.15, 0.2) is 12.3 Å². The molecule has 0 aliphatic heterocycles. The van der Waals surface area contributed by atoms with Crippen LogP contribution in [0.2, 0.25) is 0 Å². The molecule has 18 heavy (non-hydrogen) atoms. The van der Waals surface area contributed by atoms with Crippen LogP contribution in [-0.2, 0) is 5.88 Å². The fourth-order valence-corrected chi connectivity index (χ4v) is 1.49. The Balaban J connectivity index is 2.71. The van der Waals surface area contributed by atoms with Gasteiger partial charge in [-0.1, -0.05) is 0 Å². The summed E-state index contributed by atoms with van der Waals surface area (Å²) in [6.45, 7) is 0. The Hall–Kier alpha value is -1.63. The van der Waals surface area contributed by atoms with E-state index in [0.29, 0.717) is 4.68 Å². The molecule has 0 unspecified atom stereocenters. The monoisotopic (exact) mass is 282 g/mol. The highest BCUT2D eigenvalue weighted by molar-refractivity contribution is 6.16. The zero-order chi connectivity index (χ0) is 13.4. The Bertz CT molecular complexity index is 582. The maximum absolute atomic E-state index is 13.4. The van der Waals surface area contributed by atoms with Crippen molar-refractivity contribution in [2.45, 2.75) is 5.88 Å². The minimum Gasteiger partial charge on any atom is -0.234 e. The van der Waals surface area contributed by atoms with Crippen molar-refractivity contribution in [1.82, 2.24) is 9.78 Å². The lowest BCUT2D eigenvalue weighted by Gasteiger charge is -2.07. The maximum atomic E-state index is 13.4. The molecule has 1 aromatic carbocycles. The molecule has 0 spiro atoms. The average Bonchev–Trinajstić information content (AvgIpc) is 2.83. The molecule has 96 valence electrons. The highest BCUT2D eigenvalue weighted by Crippen LogP contribution is 2.25. The predicted molar refractivity (Wildman–Crippen MR) is 52.9 cm³/mol. The van der Waals surface area contributed by atoms with Gasteiger partial charge in [-0.15, -0.1) is 11.6 Å². The molecule has 0 fully saturated rings. The van der Waals surface area contributed by atoms with E-state index in [-0.39, 0.29) is 11.6 Å². The summed E-state index contributed by atoms with van der Waals surface area (Å²) in [5.74, 6) is -10.2. The van der Waals surface area contributed by atoms with Crippen LogP contribution < -0.4 is 0 Å². The number of hydrogen-bond donors (Lipinski definition) is 0. The van der Waals surface area contributed by atoms with Crippen LogP contribution in [0.1, 0.15) is 5.69 Å². The molecule has 1 aromatic heterocycles. The van der Waals surface area contributed by atoms with Gasteiger partial charge in [0.2, 0.25) is 5.82 Å². The smallest absolute Gasteiger partial charge is 0.200 e. The number of halogens is 6. The number of hydrogen-bond acceptors (Lipinski definition) is 1. The van der Waals surface area contributed by atoms with Gasteiger partial charge < -0.3 is 0 Å². The van der Waals surface area contributed by atoms with Gasteiger partial charge in [0.1, 0.15) is 5.69 Å². The van der Waals surface area contributed by atoms with Crippen LogP contribution in [0.5, 0.6) is 0 Å².